The molecule has 1 aromatic heterocycles. The SMILES string of the molecule is CC1(C)c2ccccc2N(c2ccc(P(=O)(c3ccc(N4c5ccccc5C(C)(C)c5ccccc54)cc3)c3cccnc3)cc2)c2ccccc21. The smallest absolute Gasteiger partial charge is 0.172 e. The van der Waals surface area contributed by atoms with Gasteiger partial charge in [-0.1, -0.05) is 100 Å². The minimum atomic E-state index is -3.30. The molecule has 3 heterocycles. The lowest BCUT2D eigenvalue weighted by atomic mass is 9.73. The number of pyridine rings is 1. The van der Waals surface area contributed by atoms with Gasteiger partial charge < -0.3 is 14.4 Å². The molecule has 9 rings (SSSR count). The summed E-state index contributed by atoms with van der Waals surface area (Å²) in [5.74, 6) is 0. The van der Waals surface area contributed by atoms with Crippen LogP contribution in [0.1, 0.15) is 49.9 Å². The number of hydrogen-bond donors (Lipinski definition) is 0. The Morgan fingerprint density at radius 2 is 0.769 bits per heavy atom. The van der Waals surface area contributed by atoms with Gasteiger partial charge in [-0.05, 0) is 107 Å². The van der Waals surface area contributed by atoms with Crippen molar-refractivity contribution in [3.05, 3.63) is 192 Å². The Balaban J connectivity index is 1.14. The quantitative estimate of drug-likeness (QED) is 0.168. The number of nitrogens with zero attached hydrogens (tertiary/aromatic N) is 3. The molecule has 2 aliphatic rings. The maximum absolute atomic E-state index is 15.7. The second-order valence-electron chi connectivity index (χ2n) is 14.8. The van der Waals surface area contributed by atoms with E-state index in [2.05, 4.69) is 164 Å². The molecule has 0 saturated carbocycles. The number of benzene rings is 6. The number of anilines is 6. The van der Waals surface area contributed by atoms with Crippen LogP contribution in [0.5, 0.6) is 0 Å². The first-order chi connectivity index (χ1) is 25.2. The van der Waals surface area contributed by atoms with E-state index in [1.54, 1.807) is 12.4 Å². The molecular formula is C47H40N3OP. The molecule has 0 radical (unpaired) electrons. The fourth-order valence-electron chi connectivity index (χ4n) is 8.51. The van der Waals surface area contributed by atoms with E-state index in [4.69, 9.17) is 0 Å². The molecule has 254 valence electrons. The van der Waals surface area contributed by atoms with E-state index in [1.807, 2.05) is 36.4 Å². The highest BCUT2D eigenvalue weighted by molar-refractivity contribution is 7.85. The average Bonchev–Trinajstić information content (AvgIpc) is 3.19. The van der Waals surface area contributed by atoms with E-state index in [9.17, 15) is 0 Å². The fraction of sp³-hybridized carbons (Fsp3) is 0.128. The van der Waals surface area contributed by atoms with Gasteiger partial charge in [0.05, 0.1) is 22.7 Å². The Bertz CT molecular complexity index is 2250. The zero-order valence-corrected chi connectivity index (χ0v) is 30.8. The normalized spacial score (nSPS) is 15.2. The third kappa shape index (κ3) is 4.75. The van der Waals surface area contributed by atoms with Crippen molar-refractivity contribution in [1.82, 2.24) is 4.98 Å². The van der Waals surface area contributed by atoms with Crippen LogP contribution in [-0.4, -0.2) is 4.98 Å². The highest BCUT2D eigenvalue weighted by atomic mass is 31.2. The van der Waals surface area contributed by atoms with Gasteiger partial charge in [0.15, 0.2) is 7.14 Å². The number of para-hydroxylation sites is 4. The van der Waals surface area contributed by atoms with Crippen molar-refractivity contribution < 1.29 is 4.57 Å². The van der Waals surface area contributed by atoms with Gasteiger partial charge >= 0.3 is 0 Å². The summed E-state index contributed by atoms with van der Waals surface area (Å²) < 4.78 is 15.7. The van der Waals surface area contributed by atoms with Crippen LogP contribution in [0.15, 0.2) is 170 Å². The van der Waals surface area contributed by atoms with Crippen LogP contribution < -0.4 is 25.7 Å². The number of hydrogen-bond acceptors (Lipinski definition) is 4. The number of aromatic nitrogens is 1. The summed E-state index contributed by atoms with van der Waals surface area (Å²) in [5.41, 5.74) is 11.5. The summed E-state index contributed by atoms with van der Waals surface area (Å²) >= 11 is 0. The lowest BCUT2D eigenvalue weighted by molar-refractivity contribution is 0.592. The lowest BCUT2D eigenvalue weighted by Crippen LogP contribution is -2.31. The second-order valence-corrected chi connectivity index (χ2v) is 17.6. The Hall–Kier alpha value is -5.70. The van der Waals surface area contributed by atoms with Gasteiger partial charge in [0.25, 0.3) is 0 Å². The van der Waals surface area contributed by atoms with Crippen LogP contribution in [0, 0.1) is 0 Å². The molecule has 7 aromatic rings. The third-order valence-corrected chi connectivity index (χ3v) is 14.3. The number of rotatable bonds is 5. The van der Waals surface area contributed by atoms with Gasteiger partial charge in [0.1, 0.15) is 0 Å². The lowest BCUT2D eigenvalue weighted by Gasteiger charge is -2.42. The molecule has 2 aliphatic heterocycles. The van der Waals surface area contributed by atoms with Crippen molar-refractivity contribution in [3.63, 3.8) is 0 Å². The Morgan fingerprint density at radius 1 is 0.423 bits per heavy atom. The van der Waals surface area contributed by atoms with Gasteiger partial charge in [-0.25, -0.2) is 0 Å². The van der Waals surface area contributed by atoms with E-state index in [0.717, 1.165) is 44.7 Å². The molecule has 5 heteroatoms. The summed E-state index contributed by atoms with van der Waals surface area (Å²) in [4.78, 5) is 9.09. The average molecular weight is 694 g/mol. The zero-order chi connectivity index (χ0) is 35.7. The summed E-state index contributed by atoms with van der Waals surface area (Å²) in [7, 11) is -3.30. The summed E-state index contributed by atoms with van der Waals surface area (Å²) in [6.45, 7) is 9.18. The first-order valence-corrected chi connectivity index (χ1v) is 19.6. The third-order valence-electron chi connectivity index (χ3n) is 11.2. The molecule has 0 aliphatic carbocycles. The molecule has 4 nitrogen and oxygen atoms in total. The van der Waals surface area contributed by atoms with Crippen LogP contribution in [0.25, 0.3) is 0 Å². The highest BCUT2D eigenvalue weighted by Crippen LogP contribution is 2.53. The van der Waals surface area contributed by atoms with E-state index >= 15 is 4.57 Å². The molecule has 0 unspecified atom stereocenters. The van der Waals surface area contributed by atoms with Crippen LogP contribution in [0.4, 0.5) is 34.1 Å². The molecule has 0 fully saturated rings. The van der Waals surface area contributed by atoms with Crippen LogP contribution in [-0.2, 0) is 15.4 Å². The molecule has 0 N–H and O–H groups in total. The predicted octanol–water partition coefficient (Wildman–Crippen LogP) is 10.9. The Labute approximate surface area is 306 Å². The van der Waals surface area contributed by atoms with Gasteiger partial charge in [-0.2, -0.15) is 0 Å². The topological polar surface area (TPSA) is 36.4 Å². The van der Waals surface area contributed by atoms with Crippen molar-refractivity contribution in [1.29, 1.82) is 0 Å². The predicted molar refractivity (Wildman–Crippen MR) is 217 cm³/mol. The molecule has 0 spiro atoms. The molecular weight excluding hydrogens is 654 g/mol. The van der Waals surface area contributed by atoms with E-state index in [1.165, 1.54) is 22.3 Å². The summed E-state index contributed by atoms with van der Waals surface area (Å²) in [6.07, 6.45) is 3.49. The van der Waals surface area contributed by atoms with Crippen molar-refractivity contribution in [2.45, 2.75) is 38.5 Å². The van der Waals surface area contributed by atoms with Crippen molar-refractivity contribution in [2.24, 2.45) is 0 Å². The van der Waals surface area contributed by atoms with Crippen LogP contribution in [0.2, 0.25) is 0 Å². The Morgan fingerprint density at radius 3 is 1.10 bits per heavy atom. The first kappa shape index (κ1) is 32.2. The molecule has 0 amide bonds. The standard InChI is InChI=1S/C47H40N3OP/c1-46(2)38-15-5-9-19-42(38)49(43-20-10-6-16-39(43)46)33-23-27-35(28-24-33)52(51,37-14-13-31-48-32-37)36-29-25-34(26-30-36)50-44-21-11-7-17-40(44)47(3,4)41-18-8-12-22-45(41)50/h5-32H,1-4H3. The van der Waals surface area contributed by atoms with Crippen molar-refractivity contribution in [3.8, 4) is 0 Å². The minimum absolute atomic E-state index is 0.139. The molecule has 6 aromatic carbocycles. The van der Waals surface area contributed by atoms with Crippen LogP contribution in [0.3, 0.4) is 0 Å². The van der Waals surface area contributed by atoms with Gasteiger partial charge in [-0.15, -0.1) is 0 Å². The zero-order valence-electron chi connectivity index (χ0n) is 29.9. The largest absolute Gasteiger partial charge is 0.310 e. The molecule has 0 atom stereocenters. The number of fused-ring (bicyclic) bond motifs is 4. The second kappa shape index (κ2) is 11.9. The van der Waals surface area contributed by atoms with Gasteiger partial charge in [0.2, 0.25) is 0 Å². The van der Waals surface area contributed by atoms with E-state index in [-0.39, 0.29) is 10.8 Å². The maximum atomic E-state index is 15.7. The molecule has 52 heavy (non-hydrogen) atoms. The van der Waals surface area contributed by atoms with Gasteiger partial charge in [-0.3, -0.25) is 4.98 Å². The Kier molecular flexibility index (Phi) is 7.40. The van der Waals surface area contributed by atoms with Crippen molar-refractivity contribution in [2.75, 3.05) is 9.80 Å². The summed E-state index contributed by atoms with van der Waals surface area (Å²) in [5, 5.41) is 2.25. The molecule has 0 saturated heterocycles. The highest BCUT2D eigenvalue weighted by Gasteiger charge is 2.38. The summed E-state index contributed by atoms with van der Waals surface area (Å²) in [6, 6.07) is 55.0. The van der Waals surface area contributed by atoms with E-state index in [0.29, 0.717) is 5.30 Å². The van der Waals surface area contributed by atoms with Crippen LogP contribution >= 0.6 is 7.14 Å². The monoisotopic (exact) mass is 693 g/mol. The molecule has 0 bridgehead atoms. The first-order valence-electron chi connectivity index (χ1n) is 17.9. The minimum Gasteiger partial charge on any atom is -0.310 e. The van der Waals surface area contributed by atoms with E-state index < -0.39 is 7.14 Å². The fourth-order valence-corrected chi connectivity index (χ4v) is 11.1. The maximum Gasteiger partial charge on any atom is 0.172 e. The van der Waals surface area contributed by atoms with Crippen molar-refractivity contribution >= 4 is 57.2 Å². The van der Waals surface area contributed by atoms with Gasteiger partial charge in [0, 0.05) is 50.5 Å².